The van der Waals surface area contributed by atoms with Gasteiger partial charge < -0.3 is 9.47 Å². The van der Waals surface area contributed by atoms with Gasteiger partial charge in [0.15, 0.2) is 0 Å². The van der Waals surface area contributed by atoms with E-state index in [1.54, 1.807) is 55.1 Å². The number of rotatable bonds is 5. The molecule has 0 amide bonds. The van der Waals surface area contributed by atoms with E-state index in [4.69, 9.17) is 21.6 Å². The van der Waals surface area contributed by atoms with Crippen molar-refractivity contribution in [3.63, 3.8) is 0 Å². The zero-order valence-corrected chi connectivity index (χ0v) is 28.9. The standard InChI is InChI=1S/C19H15N3O2.C12H9ClN2.C8H9NO2/c1-12-5-15-6-13(7-16(10-20)18(15)22-11-12)8-17-9-14(3-4-21-17)19(23)24-2;1-8-2-10-3-9(5-13)4-11(6-14)12(10)15-7-8;1-6-5-7(3-4-9-6)8(10)11-2/h3-7,9,11H,8H2,1-2H3;2-4,7H,5H2,1H3;3-5H,1-2H3. The first-order valence-electron chi connectivity index (χ1n) is 15.3. The van der Waals surface area contributed by atoms with Gasteiger partial charge in [-0.05, 0) is 104 Å². The first-order valence-corrected chi connectivity index (χ1v) is 15.8. The molecule has 250 valence electrons. The third-order valence-corrected chi connectivity index (χ3v) is 7.60. The fourth-order valence-corrected chi connectivity index (χ4v) is 5.17. The lowest BCUT2D eigenvalue weighted by atomic mass is 10.0. The lowest BCUT2D eigenvalue weighted by molar-refractivity contribution is 0.0591. The molecule has 50 heavy (non-hydrogen) atoms. The molecule has 0 saturated heterocycles. The van der Waals surface area contributed by atoms with Crippen LogP contribution in [0.3, 0.4) is 0 Å². The molecule has 0 bridgehead atoms. The largest absolute Gasteiger partial charge is 0.465 e. The molecule has 4 heterocycles. The number of esters is 2. The van der Waals surface area contributed by atoms with Gasteiger partial charge in [-0.1, -0.05) is 0 Å². The van der Waals surface area contributed by atoms with Gasteiger partial charge in [-0.3, -0.25) is 19.9 Å². The van der Waals surface area contributed by atoms with Gasteiger partial charge in [0.1, 0.15) is 12.1 Å². The van der Waals surface area contributed by atoms with E-state index in [1.807, 2.05) is 51.1 Å². The summed E-state index contributed by atoms with van der Waals surface area (Å²) in [5, 5.41) is 20.3. The van der Waals surface area contributed by atoms with Crippen molar-refractivity contribution < 1.29 is 19.1 Å². The molecule has 10 nitrogen and oxygen atoms in total. The highest BCUT2D eigenvalue weighted by atomic mass is 35.5. The van der Waals surface area contributed by atoms with Gasteiger partial charge >= 0.3 is 11.9 Å². The number of nitrogens with zero attached hydrogens (tertiary/aromatic N) is 6. The average Bonchev–Trinajstić information content (AvgIpc) is 3.13. The number of alkyl halides is 1. The minimum absolute atomic E-state index is 0.324. The predicted octanol–water partition coefficient (Wildman–Crippen LogP) is 7.52. The smallest absolute Gasteiger partial charge is 0.337 e. The summed E-state index contributed by atoms with van der Waals surface area (Å²) in [5.74, 6) is -0.302. The Bertz CT molecular complexity index is 2280. The summed E-state index contributed by atoms with van der Waals surface area (Å²) in [5.41, 5.74) is 9.13. The van der Waals surface area contributed by atoms with E-state index >= 15 is 0 Å². The molecule has 0 atom stereocenters. The van der Waals surface area contributed by atoms with Crippen molar-refractivity contribution in [2.24, 2.45) is 0 Å². The van der Waals surface area contributed by atoms with Crippen LogP contribution >= 0.6 is 11.6 Å². The molecule has 6 aromatic rings. The maximum Gasteiger partial charge on any atom is 0.337 e. The number of hydrogen-bond acceptors (Lipinski definition) is 10. The number of aromatic nitrogens is 4. The molecule has 0 radical (unpaired) electrons. The zero-order valence-electron chi connectivity index (χ0n) is 28.2. The van der Waals surface area contributed by atoms with E-state index in [9.17, 15) is 14.9 Å². The fraction of sp³-hybridized carbons (Fsp3) is 0.179. The van der Waals surface area contributed by atoms with E-state index < -0.39 is 5.97 Å². The Kier molecular flexibility index (Phi) is 12.6. The number of hydrogen-bond donors (Lipinski definition) is 0. The fourth-order valence-electron chi connectivity index (χ4n) is 5.01. The molecule has 4 aromatic heterocycles. The Labute approximate surface area is 295 Å². The van der Waals surface area contributed by atoms with Crippen LogP contribution < -0.4 is 0 Å². The maximum atomic E-state index is 11.6. The van der Waals surface area contributed by atoms with Crippen LogP contribution in [0.5, 0.6) is 0 Å². The second kappa shape index (κ2) is 17.3. The SMILES string of the molecule is COC(=O)c1ccnc(C)c1.COC(=O)c1ccnc(Cc2cc(C#N)c3ncc(C)cc3c2)c1.Cc1cnc2c(C#N)cc(CCl)cc2c1. The van der Waals surface area contributed by atoms with E-state index in [0.717, 1.165) is 49.9 Å². The lowest BCUT2D eigenvalue weighted by Gasteiger charge is -2.07. The first-order chi connectivity index (χ1) is 24.1. The van der Waals surface area contributed by atoms with Gasteiger partial charge in [-0.2, -0.15) is 10.5 Å². The summed E-state index contributed by atoms with van der Waals surface area (Å²) in [4.78, 5) is 39.4. The van der Waals surface area contributed by atoms with Crippen LogP contribution in [0, 0.1) is 43.4 Å². The molecular weight excluding hydrogens is 652 g/mol. The Morgan fingerprint density at radius 3 is 1.68 bits per heavy atom. The van der Waals surface area contributed by atoms with Crippen molar-refractivity contribution >= 4 is 45.3 Å². The van der Waals surface area contributed by atoms with Crippen molar-refractivity contribution in [2.45, 2.75) is 33.1 Å². The van der Waals surface area contributed by atoms with Crippen molar-refractivity contribution in [1.29, 1.82) is 10.5 Å². The van der Waals surface area contributed by atoms with E-state index in [2.05, 4.69) is 36.8 Å². The van der Waals surface area contributed by atoms with E-state index in [0.29, 0.717) is 40.1 Å². The molecule has 0 aliphatic heterocycles. The summed E-state index contributed by atoms with van der Waals surface area (Å²) in [6.07, 6.45) is 7.21. The van der Waals surface area contributed by atoms with Gasteiger partial charge in [0.25, 0.3) is 0 Å². The summed E-state index contributed by atoms with van der Waals surface area (Å²) < 4.78 is 9.26. The quantitative estimate of drug-likeness (QED) is 0.132. The second-order valence-corrected chi connectivity index (χ2v) is 11.5. The lowest BCUT2D eigenvalue weighted by Crippen LogP contribution is -2.03. The molecule has 0 fully saturated rings. The van der Waals surface area contributed by atoms with Gasteiger partial charge in [-0.15, -0.1) is 11.6 Å². The Morgan fingerprint density at radius 1 is 0.680 bits per heavy atom. The molecule has 11 heteroatoms. The number of pyridine rings is 4. The highest BCUT2D eigenvalue weighted by Gasteiger charge is 2.10. The number of methoxy groups -OCH3 is 2. The van der Waals surface area contributed by atoms with Gasteiger partial charge in [-0.25, -0.2) is 9.59 Å². The molecule has 0 aliphatic carbocycles. The number of aryl methyl sites for hydroxylation is 3. The molecule has 0 aliphatic rings. The van der Waals surface area contributed by atoms with Crippen molar-refractivity contribution in [3.8, 4) is 12.1 Å². The highest BCUT2D eigenvalue weighted by Crippen LogP contribution is 2.22. The number of nitriles is 2. The van der Waals surface area contributed by atoms with Crippen LogP contribution in [0.1, 0.15) is 65.5 Å². The van der Waals surface area contributed by atoms with Gasteiger partial charge in [0.2, 0.25) is 0 Å². The van der Waals surface area contributed by atoms with Crippen molar-refractivity contribution in [3.05, 3.63) is 141 Å². The number of halogens is 1. The number of fused-ring (bicyclic) bond motifs is 2. The van der Waals surface area contributed by atoms with Crippen LogP contribution in [0.25, 0.3) is 21.8 Å². The second-order valence-electron chi connectivity index (χ2n) is 11.2. The summed E-state index contributed by atoms with van der Waals surface area (Å²) in [6.45, 7) is 5.77. The molecule has 0 saturated carbocycles. The minimum atomic E-state index is -0.394. The van der Waals surface area contributed by atoms with Crippen molar-refractivity contribution in [1.82, 2.24) is 19.9 Å². The Hall–Kier alpha value is -6.23. The Morgan fingerprint density at radius 2 is 1.18 bits per heavy atom. The summed E-state index contributed by atoms with van der Waals surface area (Å²) in [7, 11) is 2.71. The average molecular weight is 685 g/mol. The van der Waals surface area contributed by atoms with Crippen LogP contribution in [-0.2, 0) is 21.8 Å². The van der Waals surface area contributed by atoms with E-state index in [-0.39, 0.29) is 5.97 Å². The maximum absolute atomic E-state index is 11.6. The Balaban J connectivity index is 0.000000184. The third-order valence-electron chi connectivity index (χ3n) is 7.30. The summed E-state index contributed by atoms with van der Waals surface area (Å²) in [6, 6.07) is 22.6. The van der Waals surface area contributed by atoms with Crippen LogP contribution in [0.2, 0.25) is 0 Å². The number of benzene rings is 2. The van der Waals surface area contributed by atoms with Gasteiger partial charge in [0.05, 0.1) is 47.5 Å². The van der Waals surface area contributed by atoms with Gasteiger partial charge in [0, 0.05) is 59.2 Å². The van der Waals surface area contributed by atoms with Crippen LogP contribution in [0.15, 0.2) is 85.5 Å². The van der Waals surface area contributed by atoms with Crippen LogP contribution in [0.4, 0.5) is 0 Å². The molecule has 0 N–H and O–H groups in total. The van der Waals surface area contributed by atoms with E-state index in [1.165, 1.54) is 14.2 Å². The summed E-state index contributed by atoms with van der Waals surface area (Å²) >= 11 is 5.77. The molecule has 0 unspecified atom stereocenters. The monoisotopic (exact) mass is 684 g/mol. The minimum Gasteiger partial charge on any atom is -0.465 e. The number of ether oxygens (including phenoxy) is 2. The normalized spacial score (nSPS) is 10.1. The van der Waals surface area contributed by atoms with Crippen LogP contribution in [-0.4, -0.2) is 46.1 Å². The molecular formula is C39H33ClN6O4. The molecule has 0 spiro atoms. The highest BCUT2D eigenvalue weighted by molar-refractivity contribution is 6.17. The first kappa shape index (κ1) is 36.6. The zero-order chi connectivity index (χ0) is 36.2. The molecule has 6 rings (SSSR count). The topological polar surface area (TPSA) is 152 Å². The predicted molar refractivity (Wildman–Crippen MR) is 191 cm³/mol. The molecule has 2 aromatic carbocycles. The number of carbonyl (C=O) groups excluding carboxylic acids is 2. The third kappa shape index (κ3) is 9.44. The number of carbonyl (C=O) groups is 2. The van der Waals surface area contributed by atoms with Crippen molar-refractivity contribution in [2.75, 3.05) is 14.2 Å².